The molecule has 0 aromatic rings. The van der Waals surface area contributed by atoms with Crippen LogP contribution in [0.5, 0.6) is 0 Å². The van der Waals surface area contributed by atoms with Gasteiger partial charge >= 0.3 is 0 Å². The molecule has 0 aromatic heterocycles. The highest BCUT2D eigenvalue weighted by Crippen LogP contribution is 2.67. The third-order valence-electron chi connectivity index (χ3n) is 20.4. The van der Waals surface area contributed by atoms with Crippen LogP contribution in [0.15, 0.2) is 11.6 Å². The van der Waals surface area contributed by atoms with Crippen molar-refractivity contribution in [3.8, 4) is 0 Å². The number of allylic oxidation sites excluding steroid dienone is 2. The second-order valence-corrected chi connectivity index (χ2v) is 28.3. The number of ketones is 1. The number of carbonyl (C=O) groups is 1. The molecule has 13 N–H and O–H groups in total. The van der Waals surface area contributed by atoms with Crippen molar-refractivity contribution < 1.29 is 126 Å². The van der Waals surface area contributed by atoms with Crippen molar-refractivity contribution in [3.63, 3.8) is 0 Å². The van der Waals surface area contributed by atoms with E-state index in [0.29, 0.717) is 32.1 Å². The van der Waals surface area contributed by atoms with Crippen LogP contribution in [0.2, 0.25) is 0 Å². The van der Waals surface area contributed by atoms with Crippen LogP contribution in [-0.2, 0) is 62.3 Å². The summed E-state index contributed by atoms with van der Waals surface area (Å²) in [5.41, 5.74) is -1.26. The van der Waals surface area contributed by atoms with E-state index in [1.165, 1.54) is 27.7 Å². The third-order valence-corrected chi connectivity index (χ3v) is 21.7. The van der Waals surface area contributed by atoms with Crippen molar-refractivity contribution in [1.82, 2.24) is 0 Å². The van der Waals surface area contributed by atoms with Crippen molar-refractivity contribution in [2.75, 3.05) is 6.61 Å². The minimum absolute atomic E-state index is 0.00314. The van der Waals surface area contributed by atoms with E-state index in [-0.39, 0.29) is 48.7 Å². The molecule has 9 rings (SSSR count). The number of hydrogen-bond donors (Lipinski definition) is 13. The first-order valence-electron chi connectivity index (χ1n) is 29.6. The average Bonchev–Trinajstić information content (AvgIpc) is 1.83. The number of aliphatic hydroxyl groups is 12. The van der Waals surface area contributed by atoms with E-state index in [1.54, 1.807) is 6.92 Å². The Balaban J connectivity index is 0.984. The zero-order chi connectivity index (χ0) is 60.9. The molecule has 5 saturated heterocycles. The molecule has 3 saturated carbocycles. The van der Waals surface area contributed by atoms with Crippen molar-refractivity contribution in [1.29, 1.82) is 0 Å². The summed E-state index contributed by atoms with van der Waals surface area (Å²) >= 11 is 0. The molecule has 0 amide bonds. The van der Waals surface area contributed by atoms with Gasteiger partial charge in [0.1, 0.15) is 97.3 Å². The van der Waals surface area contributed by atoms with Crippen molar-refractivity contribution in [2.24, 2.45) is 40.4 Å². The molecule has 26 nitrogen and oxygen atoms in total. The first-order valence-corrected chi connectivity index (χ1v) is 31.1. The van der Waals surface area contributed by atoms with Crippen LogP contribution in [0.1, 0.15) is 120 Å². The van der Waals surface area contributed by atoms with Gasteiger partial charge in [-0.1, -0.05) is 39.3 Å². The molecule has 478 valence electrons. The van der Waals surface area contributed by atoms with E-state index in [9.17, 15) is 79.0 Å². The maximum atomic E-state index is 13.2. The molecule has 33 atom stereocenters. The van der Waals surface area contributed by atoms with Gasteiger partial charge in [-0.2, -0.15) is 8.42 Å². The molecular weight excluding hydrogens is 1120 g/mol. The van der Waals surface area contributed by atoms with Crippen molar-refractivity contribution in [2.45, 2.75) is 284 Å². The van der Waals surface area contributed by atoms with Crippen LogP contribution in [0.4, 0.5) is 0 Å². The summed E-state index contributed by atoms with van der Waals surface area (Å²) in [7, 11) is -4.51. The highest BCUT2D eigenvalue weighted by molar-refractivity contribution is 7.86. The summed E-state index contributed by atoms with van der Waals surface area (Å²) in [6.07, 6.45) is -34.7. The quantitative estimate of drug-likeness (QED) is 0.0613. The maximum Gasteiger partial charge on any atom is 0.267 e. The zero-order valence-electron chi connectivity index (χ0n) is 48.6. The van der Waals surface area contributed by atoms with Crippen LogP contribution < -0.4 is 0 Å². The molecule has 5 aliphatic heterocycles. The van der Waals surface area contributed by atoms with E-state index >= 15 is 0 Å². The summed E-state index contributed by atoms with van der Waals surface area (Å²) in [4.78, 5) is 13.2. The number of aliphatic hydroxyl groups excluding tert-OH is 11. The number of rotatable bonds is 16. The fourth-order valence-electron chi connectivity index (χ4n) is 15.8. The Morgan fingerprint density at radius 2 is 1.16 bits per heavy atom. The summed E-state index contributed by atoms with van der Waals surface area (Å²) in [5.74, 6) is -0.798. The van der Waals surface area contributed by atoms with Gasteiger partial charge in [0.2, 0.25) is 0 Å². The Bertz CT molecular complexity index is 2380. The normalized spacial score (nSPS) is 52.2. The molecule has 9 aliphatic rings. The predicted octanol–water partition coefficient (Wildman–Crippen LogP) is -1.58. The van der Waals surface area contributed by atoms with Crippen molar-refractivity contribution >= 4 is 15.9 Å². The van der Waals surface area contributed by atoms with Crippen LogP contribution in [0, 0.1) is 40.4 Å². The molecule has 8 fully saturated rings. The first-order chi connectivity index (χ1) is 38.7. The fourth-order valence-corrected chi connectivity index (χ4v) is 16.6. The topological polar surface area (TPSA) is 407 Å². The van der Waals surface area contributed by atoms with Crippen LogP contribution in [-0.4, -0.2) is 251 Å². The van der Waals surface area contributed by atoms with E-state index in [4.69, 9.17) is 47.4 Å². The van der Waals surface area contributed by atoms with E-state index in [0.717, 1.165) is 12.0 Å². The van der Waals surface area contributed by atoms with E-state index < -0.39 is 198 Å². The lowest BCUT2D eigenvalue weighted by Gasteiger charge is -2.60. The van der Waals surface area contributed by atoms with Crippen LogP contribution >= 0.6 is 0 Å². The Morgan fingerprint density at radius 1 is 0.627 bits per heavy atom. The number of fused-ring (bicyclic) bond motifs is 5. The lowest BCUT2D eigenvalue weighted by atomic mass is 9.47. The van der Waals surface area contributed by atoms with E-state index in [1.807, 2.05) is 13.8 Å². The average molecular weight is 1210 g/mol. The minimum atomic E-state index is -4.51. The number of ether oxygens (including phenoxy) is 10. The molecule has 0 radical (unpaired) electrons. The third kappa shape index (κ3) is 12.7. The van der Waals surface area contributed by atoms with Gasteiger partial charge in [-0.05, 0) is 120 Å². The van der Waals surface area contributed by atoms with Gasteiger partial charge in [0.25, 0.3) is 10.1 Å². The number of hydrogen-bond acceptors (Lipinski definition) is 25. The summed E-state index contributed by atoms with van der Waals surface area (Å²) < 4.78 is 97.6. The largest absolute Gasteiger partial charge is 0.389 e. The molecule has 0 aromatic carbocycles. The molecule has 5 heterocycles. The Kier molecular flexibility index (Phi) is 19.9. The molecule has 83 heavy (non-hydrogen) atoms. The number of carbonyl (C=O) groups excluding carboxylic acids is 1. The minimum Gasteiger partial charge on any atom is -0.389 e. The second-order valence-electron chi connectivity index (χ2n) is 26.6. The first kappa shape index (κ1) is 65.9. The summed E-state index contributed by atoms with van der Waals surface area (Å²) in [6.45, 7) is 15.1. The lowest BCUT2D eigenvalue weighted by Crippen LogP contribution is -2.67. The van der Waals surface area contributed by atoms with Gasteiger partial charge in [0.15, 0.2) is 31.5 Å². The Hall–Kier alpha value is -1.56. The summed E-state index contributed by atoms with van der Waals surface area (Å²) in [6, 6.07) is 0. The van der Waals surface area contributed by atoms with Crippen LogP contribution in [0.25, 0.3) is 0 Å². The van der Waals surface area contributed by atoms with Crippen LogP contribution in [0.3, 0.4) is 0 Å². The molecule has 0 spiro atoms. The molecule has 33 unspecified atom stereocenters. The molecule has 0 bridgehead atoms. The molecule has 27 heteroatoms. The van der Waals surface area contributed by atoms with Gasteiger partial charge in [-0.15, -0.1) is 0 Å². The predicted molar refractivity (Wildman–Crippen MR) is 283 cm³/mol. The maximum absolute atomic E-state index is 13.2. The monoisotopic (exact) mass is 1210 g/mol. The van der Waals surface area contributed by atoms with Crippen molar-refractivity contribution in [3.05, 3.63) is 11.6 Å². The van der Waals surface area contributed by atoms with E-state index in [2.05, 4.69) is 19.9 Å². The van der Waals surface area contributed by atoms with Gasteiger partial charge in [-0.25, -0.2) is 0 Å². The zero-order valence-corrected chi connectivity index (χ0v) is 49.4. The van der Waals surface area contributed by atoms with Gasteiger partial charge < -0.3 is 109 Å². The van der Waals surface area contributed by atoms with Gasteiger partial charge in [-0.3, -0.25) is 9.35 Å². The fraction of sp³-hybridized carbons (Fsp3) is 0.946. The SMILES string of the molecule is CC(C)CC(=O)CC(C)(O)C1CCC2C3CC(OC4OC(C)C(O)C(OC5OC(C)C(OC6OCC(O)C(O)C6OC6OC(C)C(O)C(O)C6O)C(O)C5OC5OC(C)C(O)C(O)C5O)C4O)C4CC(S(=O)(=O)O)CCC4(C)C3=CCC21C. The van der Waals surface area contributed by atoms with Gasteiger partial charge in [0.05, 0.1) is 48.0 Å². The Morgan fingerprint density at radius 3 is 1.73 bits per heavy atom. The number of Topliss-reactive ketones (excluding diaryl/α,β-unsaturated/α-hetero) is 1. The summed E-state index contributed by atoms with van der Waals surface area (Å²) in [5, 5.41) is 134. The molecular formula is C56H92O26S. The lowest BCUT2D eigenvalue weighted by molar-refractivity contribution is -0.402. The second kappa shape index (κ2) is 25.0. The Labute approximate surface area is 484 Å². The standard InChI is InChI=1S/C56H92O26S/c1-21(2)16-26(57)19-56(9,69)34-11-10-29-28-18-33(31-17-27(83(70,71)72)12-14-54(31,7)30(28)13-15-55(29,34)8)78-51-44(68)46(37(61)24(5)76-51)80-53-48(82-50-42(66)40(64)36(60)23(4)75-50)43(67)45(25(6)77-53)79-52-47(38(62)32(58)20-73-52)81-49-41(65)39(63)35(59)22(3)74-49/h13,21-25,27-29,31-53,58-69H,10-12,14-20H2,1-9H3,(H,70,71,72). The highest BCUT2D eigenvalue weighted by Gasteiger charge is 2.64. The highest BCUT2D eigenvalue weighted by atomic mass is 32.2. The smallest absolute Gasteiger partial charge is 0.267 e. The molecule has 4 aliphatic carbocycles. The van der Waals surface area contributed by atoms with Gasteiger partial charge in [0, 0.05) is 12.8 Å².